The minimum atomic E-state index is -0.487. The second-order valence-corrected chi connectivity index (χ2v) is 7.33. The van der Waals surface area contributed by atoms with Crippen molar-refractivity contribution in [2.24, 2.45) is 10.8 Å². The Morgan fingerprint density at radius 3 is 1.50 bits per heavy atom. The van der Waals surface area contributed by atoms with E-state index in [4.69, 9.17) is 4.74 Å². The lowest BCUT2D eigenvalue weighted by molar-refractivity contribution is -0.114. The van der Waals surface area contributed by atoms with Crippen molar-refractivity contribution in [1.82, 2.24) is 0 Å². The maximum absolute atomic E-state index is 12.6. The van der Waals surface area contributed by atoms with Crippen molar-refractivity contribution in [1.29, 1.82) is 0 Å². The molecular formula is C16H26O2. The summed E-state index contributed by atoms with van der Waals surface area (Å²) < 4.78 is 5.57. The molecule has 0 aromatic carbocycles. The molecule has 0 aromatic rings. The molecular weight excluding hydrogens is 224 g/mol. The fourth-order valence-electron chi connectivity index (χ4n) is 2.12. The summed E-state index contributed by atoms with van der Waals surface area (Å²) in [6.45, 7) is 14.4. The highest BCUT2D eigenvalue weighted by Gasteiger charge is 2.38. The van der Waals surface area contributed by atoms with Crippen molar-refractivity contribution in [3.63, 3.8) is 0 Å². The molecule has 1 aliphatic carbocycles. The van der Waals surface area contributed by atoms with Crippen LogP contribution < -0.4 is 0 Å². The van der Waals surface area contributed by atoms with Crippen LogP contribution in [-0.2, 0) is 9.53 Å². The number of ketones is 1. The Kier molecular flexibility index (Phi) is 3.66. The van der Waals surface area contributed by atoms with E-state index in [-0.39, 0.29) is 16.6 Å². The molecule has 2 nitrogen and oxygen atoms in total. The second-order valence-electron chi connectivity index (χ2n) is 7.33. The molecule has 0 saturated carbocycles. The molecule has 1 aliphatic rings. The molecule has 0 spiro atoms. The number of hydrogen-bond acceptors (Lipinski definition) is 2. The first kappa shape index (κ1) is 15.2. The average molecular weight is 250 g/mol. The highest BCUT2D eigenvalue weighted by molar-refractivity contribution is 6.11. The third-order valence-corrected chi connectivity index (χ3v) is 3.41. The Morgan fingerprint density at radius 1 is 0.944 bits per heavy atom. The van der Waals surface area contributed by atoms with Crippen LogP contribution >= 0.6 is 0 Å². The monoisotopic (exact) mass is 250 g/mol. The van der Waals surface area contributed by atoms with Crippen LogP contribution in [0.15, 0.2) is 23.3 Å². The third-order valence-electron chi connectivity index (χ3n) is 3.41. The van der Waals surface area contributed by atoms with Gasteiger partial charge in [0.15, 0.2) is 5.78 Å². The molecule has 0 saturated heterocycles. The van der Waals surface area contributed by atoms with Gasteiger partial charge >= 0.3 is 0 Å². The summed E-state index contributed by atoms with van der Waals surface area (Å²) in [7, 11) is 1.68. The van der Waals surface area contributed by atoms with E-state index in [1.807, 2.05) is 19.1 Å². The molecule has 0 bridgehead atoms. The van der Waals surface area contributed by atoms with E-state index in [1.165, 1.54) is 0 Å². The first-order chi connectivity index (χ1) is 7.91. The molecule has 0 heterocycles. The fraction of sp³-hybridized carbons (Fsp3) is 0.688. The molecule has 1 rings (SSSR count). The van der Waals surface area contributed by atoms with E-state index in [9.17, 15) is 4.79 Å². The van der Waals surface area contributed by atoms with Crippen molar-refractivity contribution in [3.05, 3.63) is 23.3 Å². The van der Waals surface area contributed by atoms with Crippen molar-refractivity contribution < 1.29 is 9.53 Å². The van der Waals surface area contributed by atoms with E-state index >= 15 is 0 Å². The predicted molar refractivity (Wildman–Crippen MR) is 75.5 cm³/mol. The van der Waals surface area contributed by atoms with Gasteiger partial charge in [0, 0.05) is 18.3 Å². The van der Waals surface area contributed by atoms with Crippen LogP contribution in [0.4, 0.5) is 0 Å². The average Bonchev–Trinajstić information content (AvgIpc) is 2.18. The van der Waals surface area contributed by atoms with Gasteiger partial charge in [0.1, 0.15) is 5.60 Å². The predicted octanol–water partition coefficient (Wildman–Crippen LogP) is 3.92. The molecule has 102 valence electrons. The second kappa shape index (κ2) is 4.34. The van der Waals surface area contributed by atoms with Gasteiger partial charge in [0.25, 0.3) is 0 Å². The Bertz CT molecular complexity index is 377. The zero-order chi connectivity index (χ0) is 14.4. The van der Waals surface area contributed by atoms with Crippen LogP contribution in [0.2, 0.25) is 0 Å². The molecule has 0 aliphatic heterocycles. The highest BCUT2D eigenvalue weighted by atomic mass is 16.5. The quantitative estimate of drug-likeness (QED) is 0.705. The first-order valence-corrected chi connectivity index (χ1v) is 6.47. The van der Waals surface area contributed by atoms with Gasteiger partial charge in [-0.1, -0.05) is 41.5 Å². The number of hydrogen-bond donors (Lipinski definition) is 0. The molecule has 0 radical (unpaired) electrons. The van der Waals surface area contributed by atoms with Gasteiger partial charge < -0.3 is 4.74 Å². The highest BCUT2D eigenvalue weighted by Crippen LogP contribution is 2.40. The fourth-order valence-corrected chi connectivity index (χ4v) is 2.12. The van der Waals surface area contributed by atoms with Crippen LogP contribution in [-0.4, -0.2) is 18.5 Å². The minimum absolute atomic E-state index is 0.157. The number of allylic oxidation sites excluding steroid dienone is 2. The minimum Gasteiger partial charge on any atom is -0.370 e. The lowest BCUT2D eigenvalue weighted by Gasteiger charge is -2.36. The number of ether oxygens (including phenoxy) is 1. The van der Waals surface area contributed by atoms with Gasteiger partial charge in [-0.15, -0.1) is 0 Å². The van der Waals surface area contributed by atoms with E-state index in [2.05, 4.69) is 41.5 Å². The number of rotatable bonds is 1. The summed E-state index contributed by atoms with van der Waals surface area (Å²) >= 11 is 0. The summed E-state index contributed by atoms with van der Waals surface area (Å²) in [5.74, 6) is 0.157. The number of methoxy groups -OCH3 is 1. The SMILES string of the molecule is COC1(C)C=C(C(C)(C)C)C(=O)C(C(C)(C)C)=C1. The first-order valence-electron chi connectivity index (χ1n) is 6.47. The molecule has 2 heteroatoms. The van der Waals surface area contributed by atoms with Crippen molar-refractivity contribution >= 4 is 5.78 Å². The van der Waals surface area contributed by atoms with Crippen molar-refractivity contribution in [2.45, 2.75) is 54.1 Å². The van der Waals surface area contributed by atoms with Gasteiger partial charge in [-0.05, 0) is 29.9 Å². The van der Waals surface area contributed by atoms with Gasteiger partial charge in [0.05, 0.1) is 0 Å². The summed E-state index contributed by atoms with van der Waals surface area (Å²) in [6, 6.07) is 0. The summed E-state index contributed by atoms with van der Waals surface area (Å²) in [4.78, 5) is 12.6. The smallest absolute Gasteiger partial charge is 0.185 e. The number of Topliss-reactive ketones (excluding diaryl/α,β-unsaturated/α-hetero) is 1. The van der Waals surface area contributed by atoms with Crippen LogP contribution in [0, 0.1) is 10.8 Å². The maximum Gasteiger partial charge on any atom is 0.185 e. The number of carbonyl (C=O) groups excluding carboxylic acids is 1. The van der Waals surface area contributed by atoms with Gasteiger partial charge in [-0.3, -0.25) is 4.79 Å². The largest absolute Gasteiger partial charge is 0.370 e. The molecule has 0 fully saturated rings. The normalized spacial score (nSPS) is 20.6. The molecule has 0 N–H and O–H groups in total. The van der Waals surface area contributed by atoms with E-state index < -0.39 is 5.60 Å². The molecule has 0 aromatic heterocycles. The van der Waals surface area contributed by atoms with E-state index in [0.29, 0.717) is 0 Å². The molecule has 0 atom stereocenters. The lowest BCUT2D eigenvalue weighted by Crippen LogP contribution is -2.36. The topological polar surface area (TPSA) is 26.3 Å². The third kappa shape index (κ3) is 2.92. The summed E-state index contributed by atoms with van der Waals surface area (Å²) in [5, 5.41) is 0. The van der Waals surface area contributed by atoms with Gasteiger partial charge in [-0.25, -0.2) is 0 Å². The Hall–Kier alpha value is -0.890. The molecule has 0 amide bonds. The van der Waals surface area contributed by atoms with Crippen LogP contribution in [0.3, 0.4) is 0 Å². The standard InChI is InChI=1S/C16H26O2/c1-14(2,3)11-9-16(7,18-8)10-12(13(11)17)15(4,5)6/h9-10H,1-8H3. The zero-order valence-electron chi connectivity index (χ0n) is 13.0. The van der Waals surface area contributed by atoms with Crippen molar-refractivity contribution in [3.8, 4) is 0 Å². The van der Waals surface area contributed by atoms with Crippen LogP contribution in [0.5, 0.6) is 0 Å². The van der Waals surface area contributed by atoms with Crippen molar-refractivity contribution in [2.75, 3.05) is 7.11 Å². The maximum atomic E-state index is 12.6. The van der Waals surface area contributed by atoms with E-state index in [0.717, 1.165) is 11.1 Å². The Balaban J connectivity index is 3.40. The van der Waals surface area contributed by atoms with Crippen LogP contribution in [0.1, 0.15) is 48.5 Å². The molecule has 18 heavy (non-hydrogen) atoms. The Morgan fingerprint density at radius 2 is 1.28 bits per heavy atom. The zero-order valence-corrected chi connectivity index (χ0v) is 13.0. The van der Waals surface area contributed by atoms with Crippen LogP contribution in [0.25, 0.3) is 0 Å². The summed E-state index contributed by atoms with van der Waals surface area (Å²) in [6.07, 6.45) is 3.93. The summed E-state index contributed by atoms with van der Waals surface area (Å²) in [5.41, 5.74) is 0.876. The number of carbonyl (C=O) groups is 1. The Labute approximate surface area is 111 Å². The lowest BCUT2D eigenvalue weighted by atomic mass is 9.70. The molecule has 0 unspecified atom stereocenters. The van der Waals surface area contributed by atoms with Gasteiger partial charge in [0.2, 0.25) is 0 Å². The van der Waals surface area contributed by atoms with Gasteiger partial charge in [-0.2, -0.15) is 0 Å². The van der Waals surface area contributed by atoms with E-state index in [1.54, 1.807) is 7.11 Å².